The topological polar surface area (TPSA) is 57.6 Å². The molecule has 1 atom stereocenters. The summed E-state index contributed by atoms with van der Waals surface area (Å²) in [6.45, 7) is 0.274. The van der Waals surface area contributed by atoms with E-state index in [-0.39, 0.29) is 31.1 Å². The molecule has 4 nitrogen and oxygen atoms in total. The van der Waals surface area contributed by atoms with Crippen molar-refractivity contribution >= 4 is 24.3 Å². The molecule has 0 spiro atoms. The van der Waals surface area contributed by atoms with E-state index < -0.39 is 29.5 Å². The quantitative estimate of drug-likeness (QED) is 0.910. The highest BCUT2D eigenvalue weighted by molar-refractivity contribution is 5.95. The lowest BCUT2D eigenvalue weighted by atomic mass is 10.1. The summed E-state index contributed by atoms with van der Waals surface area (Å²) in [5.74, 6) is -2.21. The number of halogens is 4. The van der Waals surface area contributed by atoms with Crippen molar-refractivity contribution in [2.75, 3.05) is 13.1 Å². The number of carboxylic acids is 1. The number of alkyl halides is 3. The molecule has 0 saturated carbocycles. The van der Waals surface area contributed by atoms with Crippen molar-refractivity contribution in [1.29, 1.82) is 0 Å². The molecule has 1 unspecified atom stereocenters. The first-order chi connectivity index (χ1) is 9.29. The number of benzene rings is 1. The zero-order valence-electron chi connectivity index (χ0n) is 10.8. The van der Waals surface area contributed by atoms with Crippen LogP contribution >= 0.6 is 12.4 Å². The molecule has 8 heteroatoms. The van der Waals surface area contributed by atoms with Gasteiger partial charge in [-0.15, -0.1) is 12.4 Å². The molecule has 1 aliphatic rings. The number of hydrogen-bond donors (Lipinski definition) is 1. The van der Waals surface area contributed by atoms with Crippen LogP contribution in [0.1, 0.15) is 22.3 Å². The van der Waals surface area contributed by atoms with Crippen molar-refractivity contribution in [3.8, 4) is 0 Å². The van der Waals surface area contributed by atoms with Crippen LogP contribution in [0.15, 0.2) is 24.3 Å². The normalized spacial score (nSPS) is 18.2. The molecule has 1 saturated heterocycles. The first-order valence-electron chi connectivity index (χ1n) is 5.98. The van der Waals surface area contributed by atoms with Gasteiger partial charge in [0.15, 0.2) is 0 Å². The van der Waals surface area contributed by atoms with Crippen LogP contribution in [-0.2, 0) is 11.0 Å². The summed E-state index contributed by atoms with van der Waals surface area (Å²) >= 11 is 0. The number of likely N-dealkylation sites (tertiary alicyclic amines) is 1. The lowest BCUT2D eigenvalue weighted by Gasteiger charge is -2.16. The maximum absolute atomic E-state index is 12.6. The largest absolute Gasteiger partial charge is 0.481 e. The highest BCUT2D eigenvalue weighted by Crippen LogP contribution is 2.30. The van der Waals surface area contributed by atoms with Gasteiger partial charge in [-0.05, 0) is 24.6 Å². The van der Waals surface area contributed by atoms with Gasteiger partial charge in [0.25, 0.3) is 5.91 Å². The van der Waals surface area contributed by atoms with Crippen LogP contribution in [0.5, 0.6) is 0 Å². The second-order valence-electron chi connectivity index (χ2n) is 4.65. The standard InChI is InChI=1S/C13H12F3NO3.ClH/c14-13(15,16)10-3-1-2-8(6-10)11(18)17-5-4-9(7-17)12(19)20;/h1-3,6,9H,4-5,7H2,(H,19,20);1H. The minimum Gasteiger partial charge on any atom is -0.481 e. The average molecular weight is 324 g/mol. The van der Waals surface area contributed by atoms with Gasteiger partial charge in [0, 0.05) is 18.7 Å². The van der Waals surface area contributed by atoms with Gasteiger partial charge in [0.1, 0.15) is 0 Å². The Hall–Kier alpha value is -1.76. The summed E-state index contributed by atoms with van der Waals surface area (Å²) in [6, 6.07) is 4.14. The predicted molar refractivity (Wildman–Crippen MR) is 70.3 cm³/mol. The minimum absolute atomic E-state index is 0. The van der Waals surface area contributed by atoms with E-state index in [1.54, 1.807) is 0 Å². The van der Waals surface area contributed by atoms with Crippen LogP contribution in [-0.4, -0.2) is 35.0 Å². The lowest BCUT2D eigenvalue weighted by Crippen LogP contribution is -2.30. The van der Waals surface area contributed by atoms with Gasteiger partial charge in [-0.25, -0.2) is 0 Å². The van der Waals surface area contributed by atoms with Crippen LogP contribution in [0.3, 0.4) is 0 Å². The molecule has 1 heterocycles. The van der Waals surface area contributed by atoms with Crippen molar-refractivity contribution in [2.45, 2.75) is 12.6 Å². The van der Waals surface area contributed by atoms with E-state index in [9.17, 15) is 22.8 Å². The highest BCUT2D eigenvalue weighted by Gasteiger charge is 2.33. The van der Waals surface area contributed by atoms with E-state index in [1.807, 2.05) is 0 Å². The second-order valence-corrected chi connectivity index (χ2v) is 4.65. The van der Waals surface area contributed by atoms with Gasteiger partial charge < -0.3 is 10.0 Å². The van der Waals surface area contributed by atoms with Crippen LogP contribution < -0.4 is 0 Å². The number of amides is 1. The van der Waals surface area contributed by atoms with E-state index in [1.165, 1.54) is 17.0 Å². The maximum Gasteiger partial charge on any atom is 0.416 e. The molecule has 0 aliphatic carbocycles. The summed E-state index contributed by atoms with van der Waals surface area (Å²) in [5.41, 5.74) is -0.969. The number of hydrogen-bond acceptors (Lipinski definition) is 2. The number of carbonyl (C=O) groups is 2. The van der Waals surface area contributed by atoms with Crippen LogP contribution in [0, 0.1) is 5.92 Å². The van der Waals surface area contributed by atoms with E-state index >= 15 is 0 Å². The average Bonchev–Trinajstić information content (AvgIpc) is 2.87. The molecule has 0 aromatic heterocycles. The zero-order valence-corrected chi connectivity index (χ0v) is 11.6. The fourth-order valence-electron chi connectivity index (χ4n) is 2.16. The molecule has 1 aromatic rings. The van der Waals surface area contributed by atoms with E-state index in [0.717, 1.165) is 12.1 Å². The Kier molecular flexibility index (Phi) is 5.22. The van der Waals surface area contributed by atoms with E-state index in [4.69, 9.17) is 5.11 Å². The fraction of sp³-hybridized carbons (Fsp3) is 0.385. The first-order valence-corrected chi connectivity index (χ1v) is 5.98. The summed E-state index contributed by atoms with van der Waals surface area (Å²) in [7, 11) is 0. The predicted octanol–water partition coefficient (Wildman–Crippen LogP) is 2.67. The Morgan fingerprint density at radius 1 is 1.29 bits per heavy atom. The summed E-state index contributed by atoms with van der Waals surface area (Å²) in [4.78, 5) is 24.1. The SMILES string of the molecule is Cl.O=C(O)C1CCN(C(=O)c2cccc(C(F)(F)F)c2)C1. The van der Waals surface area contributed by atoms with Crippen LogP contribution in [0.25, 0.3) is 0 Å². The Balaban J connectivity index is 0.00000220. The smallest absolute Gasteiger partial charge is 0.416 e. The van der Waals surface area contributed by atoms with Gasteiger partial charge in [-0.3, -0.25) is 9.59 Å². The molecule has 2 rings (SSSR count). The number of aliphatic carboxylic acids is 1. The van der Waals surface area contributed by atoms with Crippen molar-refractivity contribution < 1.29 is 27.9 Å². The molecule has 0 bridgehead atoms. The van der Waals surface area contributed by atoms with Gasteiger partial charge in [-0.2, -0.15) is 13.2 Å². The van der Waals surface area contributed by atoms with Crippen molar-refractivity contribution in [3.63, 3.8) is 0 Å². The van der Waals surface area contributed by atoms with Gasteiger partial charge in [-0.1, -0.05) is 6.07 Å². The van der Waals surface area contributed by atoms with Crippen molar-refractivity contribution in [3.05, 3.63) is 35.4 Å². The second kappa shape index (κ2) is 6.34. The monoisotopic (exact) mass is 323 g/mol. The third kappa shape index (κ3) is 3.87. The molecule has 21 heavy (non-hydrogen) atoms. The van der Waals surface area contributed by atoms with E-state index in [0.29, 0.717) is 6.42 Å². The minimum atomic E-state index is -4.51. The molecule has 1 aromatic carbocycles. The molecular weight excluding hydrogens is 311 g/mol. The Labute approximate surface area is 125 Å². The maximum atomic E-state index is 12.6. The van der Waals surface area contributed by atoms with Crippen LogP contribution in [0.2, 0.25) is 0 Å². The third-order valence-corrected chi connectivity index (χ3v) is 3.26. The molecule has 116 valence electrons. The third-order valence-electron chi connectivity index (χ3n) is 3.26. The molecule has 1 aliphatic heterocycles. The fourth-order valence-corrected chi connectivity index (χ4v) is 2.16. The van der Waals surface area contributed by atoms with Crippen LogP contribution in [0.4, 0.5) is 13.2 Å². The molecular formula is C13H13ClF3NO3. The summed E-state index contributed by atoms with van der Waals surface area (Å²) < 4.78 is 37.7. The number of rotatable bonds is 2. The molecule has 1 amide bonds. The number of carbonyl (C=O) groups excluding carboxylic acids is 1. The van der Waals surface area contributed by atoms with Crippen molar-refractivity contribution in [1.82, 2.24) is 4.90 Å². The number of nitrogens with zero attached hydrogens (tertiary/aromatic N) is 1. The zero-order chi connectivity index (χ0) is 14.9. The van der Waals surface area contributed by atoms with E-state index in [2.05, 4.69) is 0 Å². The molecule has 1 N–H and O–H groups in total. The van der Waals surface area contributed by atoms with Gasteiger partial charge in [0.2, 0.25) is 0 Å². The summed E-state index contributed by atoms with van der Waals surface area (Å²) in [6.07, 6.45) is -4.19. The summed E-state index contributed by atoms with van der Waals surface area (Å²) in [5, 5.41) is 8.85. The van der Waals surface area contributed by atoms with Gasteiger partial charge in [0.05, 0.1) is 11.5 Å². The first kappa shape index (κ1) is 17.3. The lowest BCUT2D eigenvalue weighted by molar-refractivity contribution is -0.141. The Morgan fingerprint density at radius 3 is 2.48 bits per heavy atom. The number of carboxylic acid groups (broad SMARTS) is 1. The molecule has 0 radical (unpaired) electrons. The molecule has 1 fully saturated rings. The Bertz CT molecular complexity index is 548. The highest BCUT2D eigenvalue weighted by atomic mass is 35.5. The van der Waals surface area contributed by atoms with Gasteiger partial charge >= 0.3 is 12.1 Å². The Morgan fingerprint density at radius 2 is 1.95 bits per heavy atom. The van der Waals surface area contributed by atoms with Crippen molar-refractivity contribution in [2.24, 2.45) is 5.92 Å².